The van der Waals surface area contributed by atoms with Crippen LogP contribution in [0.2, 0.25) is 0 Å². The van der Waals surface area contributed by atoms with E-state index < -0.39 is 0 Å². The summed E-state index contributed by atoms with van der Waals surface area (Å²) in [6, 6.07) is 0. The topological polar surface area (TPSA) is 26.1 Å². The van der Waals surface area contributed by atoms with Crippen molar-refractivity contribution in [3.8, 4) is 0 Å². The third-order valence-corrected chi connectivity index (χ3v) is 0.732. The van der Waals surface area contributed by atoms with Crippen molar-refractivity contribution in [2.45, 2.75) is 20.3 Å². The predicted molar refractivity (Wildman–Crippen MR) is 30.5 cm³/mol. The molecule has 0 aromatic heterocycles. The summed E-state index contributed by atoms with van der Waals surface area (Å²) in [5.74, 6) is 0. The van der Waals surface area contributed by atoms with Crippen LogP contribution in [0, 0.1) is 5.21 Å². The maximum atomic E-state index is 10.3. The Kier molecular flexibility index (Phi) is 3.38. The molecular weight excluding hydrogens is 90.1 g/mol. The van der Waals surface area contributed by atoms with Gasteiger partial charge in [-0.2, -0.15) is 0 Å². The van der Waals surface area contributed by atoms with Crippen molar-refractivity contribution in [3.63, 3.8) is 0 Å². The standard InChI is InChI=1S/C5H11NO/c1-3-5-6(7)4-2/h4H,3,5H2,1-2H3. The molecule has 0 unspecified atom stereocenters. The van der Waals surface area contributed by atoms with Crippen LogP contribution in [0.5, 0.6) is 0 Å². The molecule has 2 heteroatoms. The number of rotatable bonds is 2. The van der Waals surface area contributed by atoms with Gasteiger partial charge in [-0.05, 0) is 0 Å². The summed E-state index contributed by atoms with van der Waals surface area (Å²) in [5.41, 5.74) is 0. The van der Waals surface area contributed by atoms with E-state index in [1.807, 2.05) is 6.92 Å². The second kappa shape index (κ2) is 3.65. The lowest BCUT2D eigenvalue weighted by atomic mass is 10.5. The monoisotopic (exact) mass is 101 g/mol. The maximum Gasteiger partial charge on any atom is 0.152 e. The molecule has 0 radical (unpaired) electrons. The van der Waals surface area contributed by atoms with Gasteiger partial charge in [0, 0.05) is 13.3 Å². The summed E-state index contributed by atoms with van der Waals surface area (Å²) in [5, 5.41) is 10.3. The minimum Gasteiger partial charge on any atom is -0.624 e. The van der Waals surface area contributed by atoms with Crippen LogP contribution in [0.1, 0.15) is 20.3 Å². The minimum atomic E-state index is 0.622. The molecule has 0 fully saturated rings. The highest BCUT2D eigenvalue weighted by atomic mass is 16.5. The van der Waals surface area contributed by atoms with Gasteiger partial charge in [0.1, 0.15) is 6.21 Å². The van der Waals surface area contributed by atoms with E-state index in [4.69, 9.17) is 0 Å². The molecule has 0 atom stereocenters. The zero-order valence-corrected chi connectivity index (χ0v) is 4.85. The average molecular weight is 101 g/mol. The summed E-state index contributed by atoms with van der Waals surface area (Å²) in [6.45, 7) is 4.34. The van der Waals surface area contributed by atoms with E-state index in [2.05, 4.69) is 0 Å². The van der Waals surface area contributed by atoms with Crippen LogP contribution >= 0.6 is 0 Å². The fraction of sp³-hybridized carbons (Fsp3) is 0.800. The highest BCUT2D eigenvalue weighted by molar-refractivity contribution is 5.46. The van der Waals surface area contributed by atoms with Crippen LogP contribution in [0.15, 0.2) is 0 Å². The Labute approximate surface area is 44.1 Å². The van der Waals surface area contributed by atoms with E-state index in [9.17, 15) is 5.21 Å². The van der Waals surface area contributed by atoms with Gasteiger partial charge in [-0.1, -0.05) is 6.92 Å². The van der Waals surface area contributed by atoms with Gasteiger partial charge >= 0.3 is 0 Å². The lowest BCUT2D eigenvalue weighted by molar-refractivity contribution is -0.453. The van der Waals surface area contributed by atoms with E-state index >= 15 is 0 Å². The molecule has 0 aromatic rings. The first kappa shape index (κ1) is 6.47. The first-order valence-corrected chi connectivity index (χ1v) is 2.54. The van der Waals surface area contributed by atoms with Gasteiger partial charge in [0.2, 0.25) is 0 Å². The van der Waals surface area contributed by atoms with E-state index in [1.165, 1.54) is 6.21 Å². The molecule has 0 aromatic carbocycles. The van der Waals surface area contributed by atoms with Crippen molar-refractivity contribution in [1.82, 2.24) is 0 Å². The van der Waals surface area contributed by atoms with Crippen LogP contribution in [-0.4, -0.2) is 17.5 Å². The second-order valence-electron chi connectivity index (χ2n) is 1.40. The fourth-order valence-electron chi connectivity index (χ4n) is 0.349. The Morgan fingerprint density at radius 3 is 2.43 bits per heavy atom. The molecule has 0 spiro atoms. The SMILES string of the molecule is CC=[N+]([O-])CCC. The van der Waals surface area contributed by atoms with E-state index in [1.54, 1.807) is 6.92 Å². The first-order chi connectivity index (χ1) is 3.31. The van der Waals surface area contributed by atoms with Crippen LogP contribution in [0.4, 0.5) is 0 Å². The Hall–Kier alpha value is -0.530. The molecule has 7 heavy (non-hydrogen) atoms. The van der Waals surface area contributed by atoms with Gasteiger partial charge in [0.05, 0.1) is 0 Å². The van der Waals surface area contributed by atoms with Gasteiger partial charge in [-0.15, -0.1) is 0 Å². The highest BCUT2D eigenvalue weighted by Gasteiger charge is 1.81. The molecule has 0 amide bonds. The maximum absolute atomic E-state index is 10.3. The quantitative estimate of drug-likeness (QED) is 0.220. The lowest BCUT2D eigenvalue weighted by Crippen LogP contribution is -2.02. The molecular formula is C5H11NO. The van der Waals surface area contributed by atoms with Gasteiger partial charge in [-0.25, -0.2) is 4.74 Å². The summed E-state index contributed by atoms with van der Waals surface area (Å²) in [7, 11) is 0. The fourth-order valence-corrected chi connectivity index (χ4v) is 0.349. The molecule has 0 aliphatic heterocycles. The van der Waals surface area contributed by atoms with Gasteiger partial charge < -0.3 is 5.21 Å². The van der Waals surface area contributed by atoms with E-state index in [0.29, 0.717) is 6.54 Å². The molecule has 0 saturated carbocycles. The summed E-state index contributed by atoms with van der Waals surface area (Å²) >= 11 is 0. The second-order valence-corrected chi connectivity index (χ2v) is 1.40. The van der Waals surface area contributed by atoms with Gasteiger partial charge in [0.15, 0.2) is 6.54 Å². The average Bonchev–Trinajstić information content (AvgIpc) is 1.68. The molecule has 2 nitrogen and oxygen atoms in total. The number of hydroxylamine groups is 1. The normalized spacial score (nSPS) is 12.0. The van der Waals surface area contributed by atoms with Crippen LogP contribution in [-0.2, 0) is 0 Å². The molecule has 0 aliphatic rings. The largest absolute Gasteiger partial charge is 0.624 e. The van der Waals surface area contributed by atoms with E-state index in [-0.39, 0.29) is 0 Å². The molecule has 0 heterocycles. The summed E-state index contributed by atoms with van der Waals surface area (Å²) < 4.78 is 0.931. The van der Waals surface area contributed by atoms with Crippen molar-refractivity contribution >= 4 is 6.21 Å². The summed E-state index contributed by atoms with van der Waals surface area (Å²) in [6.07, 6.45) is 2.46. The third-order valence-electron chi connectivity index (χ3n) is 0.732. The molecule has 0 saturated heterocycles. The van der Waals surface area contributed by atoms with Crippen LogP contribution in [0.3, 0.4) is 0 Å². The number of nitrogens with zero attached hydrogens (tertiary/aromatic N) is 1. The van der Waals surface area contributed by atoms with Crippen molar-refractivity contribution in [2.24, 2.45) is 0 Å². The number of hydrogen-bond donors (Lipinski definition) is 0. The Bertz CT molecular complexity index is 68.5. The predicted octanol–water partition coefficient (Wildman–Crippen LogP) is 0.997. The Morgan fingerprint density at radius 1 is 1.71 bits per heavy atom. The Morgan fingerprint density at radius 2 is 2.29 bits per heavy atom. The molecule has 0 aliphatic carbocycles. The summed E-state index contributed by atoms with van der Waals surface area (Å²) in [4.78, 5) is 0. The van der Waals surface area contributed by atoms with Crippen molar-refractivity contribution < 1.29 is 4.74 Å². The van der Waals surface area contributed by atoms with Gasteiger partial charge in [-0.3, -0.25) is 0 Å². The number of hydrogen-bond acceptors (Lipinski definition) is 1. The highest BCUT2D eigenvalue weighted by Crippen LogP contribution is 1.74. The molecule has 0 rings (SSSR count). The zero-order valence-electron chi connectivity index (χ0n) is 4.85. The van der Waals surface area contributed by atoms with Gasteiger partial charge in [0.25, 0.3) is 0 Å². The van der Waals surface area contributed by atoms with Crippen molar-refractivity contribution in [1.29, 1.82) is 0 Å². The minimum absolute atomic E-state index is 0.622. The lowest BCUT2D eigenvalue weighted by Gasteiger charge is -1.97. The molecule has 0 bridgehead atoms. The van der Waals surface area contributed by atoms with Crippen LogP contribution in [0.25, 0.3) is 0 Å². The Balaban J connectivity index is 3.17. The zero-order chi connectivity index (χ0) is 5.70. The van der Waals surface area contributed by atoms with Crippen molar-refractivity contribution in [3.05, 3.63) is 5.21 Å². The molecule has 42 valence electrons. The smallest absolute Gasteiger partial charge is 0.152 e. The van der Waals surface area contributed by atoms with Crippen LogP contribution < -0.4 is 0 Å². The third kappa shape index (κ3) is 3.30. The van der Waals surface area contributed by atoms with Crippen molar-refractivity contribution in [2.75, 3.05) is 6.54 Å². The van der Waals surface area contributed by atoms with E-state index in [0.717, 1.165) is 11.2 Å². The molecule has 0 N–H and O–H groups in total. The first-order valence-electron chi connectivity index (χ1n) is 2.54.